The predicted molar refractivity (Wildman–Crippen MR) is 62.1 cm³/mol. The molecule has 2 nitrogen and oxygen atoms in total. The number of alkyl halides is 1. The molecule has 84 valence electrons. The Morgan fingerprint density at radius 1 is 1.27 bits per heavy atom. The van der Waals surface area contributed by atoms with Gasteiger partial charge in [0.15, 0.2) is 0 Å². The van der Waals surface area contributed by atoms with E-state index in [-0.39, 0.29) is 11.7 Å². The van der Waals surface area contributed by atoms with Crippen molar-refractivity contribution < 1.29 is 9.47 Å². The average molecular weight is 229 g/mol. The normalized spacial score (nSPS) is 14.9. The minimum absolute atomic E-state index is 0.000231. The highest BCUT2D eigenvalue weighted by atomic mass is 35.5. The summed E-state index contributed by atoms with van der Waals surface area (Å²) in [5, 5.41) is 0. The third-order valence-electron chi connectivity index (χ3n) is 2.20. The summed E-state index contributed by atoms with van der Waals surface area (Å²) in [5.74, 6) is 0. The van der Waals surface area contributed by atoms with Crippen molar-refractivity contribution in [3.05, 3.63) is 35.9 Å². The van der Waals surface area contributed by atoms with Crippen LogP contribution in [0.1, 0.15) is 25.0 Å². The molecule has 0 saturated heterocycles. The van der Waals surface area contributed by atoms with Crippen LogP contribution in [-0.4, -0.2) is 19.3 Å². The number of hydrogen-bond donors (Lipinski definition) is 0. The van der Waals surface area contributed by atoms with Crippen LogP contribution in [0.4, 0.5) is 0 Å². The Morgan fingerprint density at radius 2 is 1.93 bits per heavy atom. The summed E-state index contributed by atoms with van der Waals surface area (Å²) >= 11 is 6.00. The number of ether oxygens (including phenoxy) is 2. The molecule has 2 atom stereocenters. The smallest absolute Gasteiger partial charge is 0.133 e. The molecule has 1 aromatic carbocycles. The fourth-order valence-corrected chi connectivity index (χ4v) is 1.74. The van der Waals surface area contributed by atoms with Crippen molar-refractivity contribution >= 4 is 11.6 Å². The molecule has 0 amide bonds. The fourth-order valence-electron chi connectivity index (χ4n) is 1.45. The van der Waals surface area contributed by atoms with Crippen molar-refractivity contribution in [2.24, 2.45) is 0 Å². The van der Waals surface area contributed by atoms with E-state index in [1.54, 1.807) is 7.11 Å². The van der Waals surface area contributed by atoms with Crippen LogP contribution in [0.3, 0.4) is 0 Å². The highest BCUT2D eigenvalue weighted by molar-refractivity contribution is 6.19. The van der Waals surface area contributed by atoms with E-state index in [1.165, 1.54) is 0 Å². The third-order valence-corrected chi connectivity index (χ3v) is 2.51. The predicted octanol–water partition coefficient (Wildman–Crippen LogP) is 3.37. The van der Waals surface area contributed by atoms with E-state index in [0.717, 1.165) is 5.56 Å². The van der Waals surface area contributed by atoms with Crippen LogP contribution in [-0.2, 0) is 9.47 Å². The number of halogens is 1. The third kappa shape index (κ3) is 4.20. The molecule has 1 aromatic rings. The van der Waals surface area contributed by atoms with Crippen molar-refractivity contribution in [3.8, 4) is 0 Å². The van der Waals surface area contributed by atoms with Gasteiger partial charge in [-0.2, -0.15) is 0 Å². The monoisotopic (exact) mass is 228 g/mol. The molecule has 0 heterocycles. The number of rotatable bonds is 6. The molecule has 15 heavy (non-hydrogen) atoms. The number of benzene rings is 1. The zero-order chi connectivity index (χ0) is 11.1. The van der Waals surface area contributed by atoms with Gasteiger partial charge in [-0.3, -0.25) is 0 Å². The molecule has 2 unspecified atom stereocenters. The van der Waals surface area contributed by atoms with Crippen molar-refractivity contribution in [1.29, 1.82) is 0 Å². The fraction of sp³-hybridized carbons (Fsp3) is 0.500. The van der Waals surface area contributed by atoms with Crippen LogP contribution in [0.2, 0.25) is 0 Å². The van der Waals surface area contributed by atoms with Gasteiger partial charge in [0.2, 0.25) is 0 Å². The first-order valence-electron chi connectivity index (χ1n) is 5.11. The van der Waals surface area contributed by atoms with E-state index >= 15 is 0 Å². The maximum atomic E-state index is 6.00. The van der Waals surface area contributed by atoms with E-state index < -0.39 is 0 Å². The van der Waals surface area contributed by atoms with Gasteiger partial charge >= 0.3 is 0 Å². The summed E-state index contributed by atoms with van der Waals surface area (Å²) in [6.45, 7) is 2.55. The first-order valence-corrected chi connectivity index (χ1v) is 5.55. The second kappa shape index (κ2) is 6.83. The molecule has 1 rings (SSSR count). The molecular weight excluding hydrogens is 212 g/mol. The largest absolute Gasteiger partial charge is 0.377 e. The SMILES string of the molecule is CCOC(Cl)CC(OC)c1ccccc1. The first kappa shape index (κ1) is 12.5. The van der Waals surface area contributed by atoms with E-state index in [4.69, 9.17) is 21.1 Å². The van der Waals surface area contributed by atoms with Crippen LogP contribution in [0, 0.1) is 0 Å². The summed E-state index contributed by atoms with van der Waals surface area (Å²) in [4.78, 5) is 0. The lowest BCUT2D eigenvalue weighted by Crippen LogP contribution is -2.12. The van der Waals surface area contributed by atoms with Crippen LogP contribution in [0.15, 0.2) is 30.3 Å². The zero-order valence-corrected chi connectivity index (χ0v) is 9.91. The van der Waals surface area contributed by atoms with Crippen molar-refractivity contribution in [1.82, 2.24) is 0 Å². The highest BCUT2D eigenvalue weighted by Gasteiger charge is 2.15. The molecule has 0 bridgehead atoms. The summed E-state index contributed by atoms with van der Waals surface area (Å²) in [5.41, 5.74) is 0.838. The average Bonchev–Trinajstić information content (AvgIpc) is 2.27. The van der Waals surface area contributed by atoms with E-state index in [0.29, 0.717) is 13.0 Å². The highest BCUT2D eigenvalue weighted by Crippen LogP contribution is 2.24. The quantitative estimate of drug-likeness (QED) is 0.695. The zero-order valence-electron chi connectivity index (χ0n) is 9.15. The Labute approximate surface area is 96.2 Å². The Balaban J connectivity index is 2.56. The Bertz CT molecular complexity index is 264. The standard InChI is InChI=1S/C12H17ClO2/c1-3-15-12(13)9-11(14-2)10-7-5-4-6-8-10/h4-8,11-12H,3,9H2,1-2H3. The van der Waals surface area contributed by atoms with Crippen molar-refractivity contribution in [3.63, 3.8) is 0 Å². The minimum atomic E-state index is -0.292. The maximum absolute atomic E-state index is 6.00. The summed E-state index contributed by atoms with van der Waals surface area (Å²) in [6.07, 6.45) is 0.663. The molecule has 3 heteroatoms. The molecule has 0 aliphatic rings. The molecule has 0 N–H and O–H groups in total. The van der Waals surface area contributed by atoms with E-state index in [9.17, 15) is 0 Å². The first-order chi connectivity index (χ1) is 7.27. The second-order valence-corrected chi connectivity index (χ2v) is 3.72. The van der Waals surface area contributed by atoms with Gasteiger partial charge in [-0.25, -0.2) is 0 Å². The van der Waals surface area contributed by atoms with Gasteiger partial charge in [-0.15, -0.1) is 0 Å². The number of hydrogen-bond acceptors (Lipinski definition) is 2. The second-order valence-electron chi connectivity index (χ2n) is 3.24. The number of methoxy groups -OCH3 is 1. The molecule has 0 saturated carbocycles. The van der Waals surface area contributed by atoms with Gasteiger partial charge in [0.1, 0.15) is 5.56 Å². The van der Waals surface area contributed by atoms with Crippen LogP contribution in [0.25, 0.3) is 0 Å². The lowest BCUT2D eigenvalue weighted by molar-refractivity contribution is 0.0386. The molecule has 0 fully saturated rings. The Morgan fingerprint density at radius 3 is 2.47 bits per heavy atom. The van der Waals surface area contributed by atoms with Gasteiger partial charge in [0, 0.05) is 20.1 Å². The molecule has 0 spiro atoms. The summed E-state index contributed by atoms with van der Waals surface area (Å²) in [7, 11) is 1.69. The lowest BCUT2D eigenvalue weighted by Gasteiger charge is -2.18. The van der Waals surface area contributed by atoms with Crippen LogP contribution in [0.5, 0.6) is 0 Å². The van der Waals surface area contributed by atoms with Crippen molar-refractivity contribution in [2.45, 2.75) is 25.0 Å². The summed E-state index contributed by atoms with van der Waals surface area (Å²) < 4.78 is 10.7. The molecule has 0 aromatic heterocycles. The minimum Gasteiger partial charge on any atom is -0.377 e. The molecular formula is C12H17ClO2. The van der Waals surface area contributed by atoms with Crippen LogP contribution >= 0.6 is 11.6 Å². The van der Waals surface area contributed by atoms with Gasteiger partial charge in [-0.1, -0.05) is 41.9 Å². The maximum Gasteiger partial charge on any atom is 0.133 e. The summed E-state index contributed by atoms with van der Waals surface area (Å²) in [6, 6.07) is 10.0. The van der Waals surface area contributed by atoms with Gasteiger partial charge in [0.25, 0.3) is 0 Å². The lowest BCUT2D eigenvalue weighted by atomic mass is 10.1. The van der Waals surface area contributed by atoms with Crippen LogP contribution < -0.4 is 0 Å². The molecule has 0 aliphatic carbocycles. The van der Waals surface area contributed by atoms with Gasteiger partial charge in [-0.05, 0) is 12.5 Å². The van der Waals surface area contributed by atoms with Gasteiger partial charge < -0.3 is 9.47 Å². The topological polar surface area (TPSA) is 18.5 Å². The van der Waals surface area contributed by atoms with Gasteiger partial charge in [0.05, 0.1) is 6.10 Å². The molecule has 0 aliphatic heterocycles. The van der Waals surface area contributed by atoms with Crippen molar-refractivity contribution in [2.75, 3.05) is 13.7 Å². The van der Waals surface area contributed by atoms with E-state index in [2.05, 4.69) is 0 Å². The molecule has 0 radical (unpaired) electrons. The Kier molecular flexibility index (Phi) is 5.69. The Hall–Kier alpha value is -0.570. The van der Waals surface area contributed by atoms with E-state index in [1.807, 2.05) is 37.3 Å².